The number of hydroxylamine groups is 1. The fourth-order valence-corrected chi connectivity index (χ4v) is 1.33. The van der Waals surface area contributed by atoms with Crippen molar-refractivity contribution < 1.29 is 34.9 Å². The van der Waals surface area contributed by atoms with Crippen molar-refractivity contribution in [1.82, 2.24) is 5.48 Å². The van der Waals surface area contributed by atoms with E-state index in [9.17, 15) is 14.4 Å². The van der Waals surface area contributed by atoms with E-state index in [0.29, 0.717) is 5.56 Å². The van der Waals surface area contributed by atoms with Crippen LogP contribution in [0, 0.1) is 0 Å². The van der Waals surface area contributed by atoms with Gasteiger partial charge in [0, 0.05) is 12.8 Å². The van der Waals surface area contributed by atoms with Crippen LogP contribution in [0.3, 0.4) is 0 Å². The minimum Gasteiger partial charge on any atom is -0.504 e. The molecule has 0 fully saturated rings. The summed E-state index contributed by atoms with van der Waals surface area (Å²) in [4.78, 5) is 30.5. The van der Waals surface area contributed by atoms with Crippen molar-refractivity contribution in [2.45, 2.75) is 25.3 Å². The van der Waals surface area contributed by atoms with Crippen molar-refractivity contribution in [2.75, 3.05) is 0 Å². The molecule has 0 aliphatic carbocycles. The molecule has 0 spiro atoms. The molecule has 1 aromatic carbocycles. The molecular weight excluding hydrogens is 310 g/mol. The number of hydrogen-bond acceptors (Lipinski definition) is 7. The molecule has 128 valence electrons. The van der Waals surface area contributed by atoms with Gasteiger partial charge in [0.25, 0.3) is 0 Å². The Bertz CT molecular complexity index is 562. The van der Waals surface area contributed by atoms with Crippen molar-refractivity contribution >= 4 is 17.8 Å². The largest absolute Gasteiger partial charge is 0.504 e. The van der Waals surface area contributed by atoms with E-state index < -0.39 is 23.8 Å². The zero-order valence-electron chi connectivity index (χ0n) is 12.1. The van der Waals surface area contributed by atoms with Crippen molar-refractivity contribution in [3.05, 3.63) is 23.8 Å². The second-order valence-corrected chi connectivity index (χ2v) is 4.47. The number of aromatic hydroxyl groups is 2. The lowest BCUT2D eigenvalue weighted by Crippen LogP contribution is -2.32. The standard InChI is InChI=1S/C9H11NO4.C4H8N2O3/c10-6(9(13)14)3-5-1-2-7(11)8(12)4-5;5-3(7)1-2-4(8)6-9/h1-2,4,6,11-12H,3,10H2,(H,13,14);9H,1-2H2,(H2,5,7)(H,6,8). The highest BCUT2D eigenvalue weighted by atomic mass is 16.5. The number of amides is 2. The van der Waals surface area contributed by atoms with Crippen LogP contribution in [0.4, 0.5) is 0 Å². The molecule has 0 heterocycles. The van der Waals surface area contributed by atoms with Crippen molar-refractivity contribution in [2.24, 2.45) is 11.5 Å². The van der Waals surface area contributed by atoms with Gasteiger partial charge in [-0.15, -0.1) is 0 Å². The molecule has 1 rings (SSSR count). The molecule has 0 aliphatic rings. The van der Waals surface area contributed by atoms with E-state index in [-0.39, 0.29) is 30.8 Å². The van der Waals surface area contributed by atoms with Gasteiger partial charge in [0.2, 0.25) is 11.8 Å². The van der Waals surface area contributed by atoms with E-state index in [1.165, 1.54) is 23.7 Å². The highest BCUT2D eigenvalue weighted by Gasteiger charge is 2.12. The number of hydrogen-bond donors (Lipinski definition) is 7. The molecule has 23 heavy (non-hydrogen) atoms. The van der Waals surface area contributed by atoms with Gasteiger partial charge < -0.3 is 26.8 Å². The number of carboxylic acid groups (broad SMARTS) is 1. The van der Waals surface area contributed by atoms with Crippen LogP contribution in [0.15, 0.2) is 18.2 Å². The van der Waals surface area contributed by atoms with Gasteiger partial charge in [-0.2, -0.15) is 0 Å². The molecule has 0 aliphatic heterocycles. The Labute approximate surface area is 131 Å². The maximum atomic E-state index is 10.4. The number of nitrogens with two attached hydrogens (primary N) is 2. The average Bonchev–Trinajstić information content (AvgIpc) is 2.49. The summed E-state index contributed by atoms with van der Waals surface area (Å²) in [5.74, 6) is -2.78. The predicted octanol–water partition coefficient (Wildman–Crippen LogP) is -1.19. The summed E-state index contributed by atoms with van der Waals surface area (Å²) in [7, 11) is 0. The first-order valence-corrected chi connectivity index (χ1v) is 6.37. The fraction of sp³-hybridized carbons (Fsp3) is 0.308. The lowest BCUT2D eigenvalue weighted by atomic mass is 10.1. The molecule has 9 N–H and O–H groups in total. The first-order chi connectivity index (χ1) is 10.7. The summed E-state index contributed by atoms with van der Waals surface area (Å²) in [6.45, 7) is 0. The molecule has 0 saturated carbocycles. The van der Waals surface area contributed by atoms with Gasteiger partial charge in [-0.3, -0.25) is 19.6 Å². The Morgan fingerprint density at radius 1 is 1.13 bits per heavy atom. The molecule has 1 atom stereocenters. The number of carbonyl (C=O) groups is 3. The Hall–Kier alpha value is -2.85. The van der Waals surface area contributed by atoms with Crippen LogP contribution in [0.2, 0.25) is 0 Å². The number of phenolic OH excluding ortho intramolecular Hbond substituents is 2. The maximum Gasteiger partial charge on any atom is 0.320 e. The summed E-state index contributed by atoms with van der Waals surface area (Å²) < 4.78 is 0. The van der Waals surface area contributed by atoms with Crippen LogP contribution in [-0.2, 0) is 20.8 Å². The number of carbonyl (C=O) groups excluding carboxylic acids is 2. The molecule has 2 amide bonds. The molecule has 10 heteroatoms. The Morgan fingerprint density at radius 3 is 2.17 bits per heavy atom. The van der Waals surface area contributed by atoms with Crippen molar-refractivity contribution in [3.63, 3.8) is 0 Å². The number of primary amides is 1. The smallest absolute Gasteiger partial charge is 0.320 e. The van der Waals surface area contributed by atoms with Crippen molar-refractivity contribution in [3.8, 4) is 11.5 Å². The summed E-state index contributed by atoms with van der Waals surface area (Å²) in [6.07, 6.45) is 0.0153. The minimum atomic E-state index is -1.10. The van der Waals surface area contributed by atoms with Gasteiger partial charge in [0.1, 0.15) is 6.04 Å². The molecular formula is C13H19N3O7. The van der Waals surface area contributed by atoms with Gasteiger partial charge in [0.05, 0.1) is 0 Å². The van der Waals surface area contributed by atoms with Crippen LogP contribution < -0.4 is 16.9 Å². The highest BCUT2D eigenvalue weighted by Crippen LogP contribution is 2.25. The molecule has 0 saturated heterocycles. The third-order valence-electron chi connectivity index (χ3n) is 2.54. The van der Waals surface area contributed by atoms with Crippen molar-refractivity contribution in [1.29, 1.82) is 0 Å². The summed E-state index contributed by atoms with van der Waals surface area (Å²) in [6, 6.07) is 3.09. The number of rotatable bonds is 6. The monoisotopic (exact) mass is 329 g/mol. The van der Waals surface area contributed by atoms with Gasteiger partial charge in [-0.05, 0) is 24.1 Å². The molecule has 0 bridgehead atoms. The third kappa shape index (κ3) is 8.90. The number of carboxylic acids is 1. The van der Waals surface area contributed by atoms with E-state index in [1.807, 2.05) is 0 Å². The Morgan fingerprint density at radius 2 is 1.74 bits per heavy atom. The van der Waals surface area contributed by atoms with Crippen LogP contribution in [0.5, 0.6) is 11.5 Å². The molecule has 10 nitrogen and oxygen atoms in total. The zero-order valence-corrected chi connectivity index (χ0v) is 12.1. The zero-order chi connectivity index (χ0) is 18.0. The van der Waals surface area contributed by atoms with E-state index in [0.717, 1.165) is 0 Å². The van der Waals surface area contributed by atoms with Crippen LogP contribution in [0.1, 0.15) is 18.4 Å². The molecule has 0 aromatic heterocycles. The van der Waals surface area contributed by atoms with E-state index in [2.05, 4.69) is 0 Å². The van der Waals surface area contributed by atoms with E-state index in [1.54, 1.807) is 0 Å². The van der Waals surface area contributed by atoms with Gasteiger partial charge >= 0.3 is 5.97 Å². The number of aliphatic carboxylic acids is 1. The molecule has 0 radical (unpaired) electrons. The minimum absolute atomic E-state index is 0.0353. The number of benzene rings is 1. The summed E-state index contributed by atoms with van der Waals surface area (Å²) in [5, 5.41) is 34.5. The third-order valence-corrected chi connectivity index (χ3v) is 2.54. The second kappa shape index (κ2) is 9.97. The number of phenols is 2. The topological polar surface area (TPSA) is 196 Å². The summed E-state index contributed by atoms with van der Waals surface area (Å²) in [5.41, 5.74) is 11.9. The summed E-state index contributed by atoms with van der Waals surface area (Å²) >= 11 is 0. The SMILES string of the molecule is NC(=O)CCC(=O)NO.NC(Cc1ccc(O)c(O)c1)C(=O)O. The second-order valence-electron chi connectivity index (χ2n) is 4.47. The molecule has 1 aromatic rings. The van der Waals surface area contributed by atoms with Gasteiger partial charge in [-0.25, -0.2) is 5.48 Å². The normalized spacial score (nSPS) is 10.9. The average molecular weight is 329 g/mol. The lowest BCUT2D eigenvalue weighted by molar-refractivity contribution is -0.138. The highest BCUT2D eigenvalue weighted by molar-refractivity contribution is 5.82. The molecule has 1 unspecified atom stereocenters. The Balaban J connectivity index is 0.000000468. The quantitative estimate of drug-likeness (QED) is 0.192. The van der Waals surface area contributed by atoms with Crippen LogP contribution >= 0.6 is 0 Å². The van der Waals surface area contributed by atoms with Crippen LogP contribution in [-0.4, -0.2) is 44.4 Å². The first-order valence-electron chi connectivity index (χ1n) is 6.37. The first kappa shape index (κ1) is 20.1. The predicted molar refractivity (Wildman–Crippen MR) is 77.4 cm³/mol. The van der Waals surface area contributed by atoms with Gasteiger partial charge in [0.15, 0.2) is 11.5 Å². The Kier molecular flexibility index (Phi) is 8.74. The van der Waals surface area contributed by atoms with E-state index >= 15 is 0 Å². The van der Waals surface area contributed by atoms with Crippen LogP contribution in [0.25, 0.3) is 0 Å². The van der Waals surface area contributed by atoms with Gasteiger partial charge in [-0.1, -0.05) is 6.07 Å². The van der Waals surface area contributed by atoms with E-state index in [4.69, 9.17) is 32.0 Å². The fourth-order valence-electron chi connectivity index (χ4n) is 1.33. The maximum absolute atomic E-state index is 10.4. The number of nitrogens with one attached hydrogen (secondary N) is 1. The lowest BCUT2D eigenvalue weighted by Gasteiger charge is -2.06.